The van der Waals surface area contributed by atoms with Crippen LogP contribution in [0.2, 0.25) is 0 Å². The highest BCUT2D eigenvalue weighted by molar-refractivity contribution is 9.11. The average molecular weight is 413 g/mol. The molecule has 0 heterocycles. The number of benzene rings is 2. The lowest BCUT2D eigenvalue weighted by atomic mass is 9.99. The molecule has 0 fully saturated rings. The van der Waals surface area contributed by atoms with Gasteiger partial charge in [0.15, 0.2) is 0 Å². The maximum Gasteiger partial charge on any atom is 0.118 e. The molecule has 2 aromatic rings. The van der Waals surface area contributed by atoms with Gasteiger partial charge in [0, 0.05) is 15.0 Å². The van der Waals surface area contributed by atoms with Gasteiger partial charge in [-0.3, -0.25) is 0 Å². The Morgan fingerprint density at radius 2 is 1.81 bits per heavy atom. The molecule has 0 saturated carbocycles. The summed E-state index contributed by atoms with van der Waals surface area (Å²) in [6, 6.07) is 14.8. The van der Waals surface area contributed by atoms with Crippen LogP contribution in [-0.2, 0) is 6.42 Å². The second-order valence-electron chi connectivity index (χ2n) is 4.83. The van der Waals surface area contributed by atoms with Gasteiger partial charge < -0.3 is 10.1 Å². The summed E-state index contributed by atoms with van der Waals surface area (Å²) in [5, 5.41) is 3.56. The van der Waals surface area contributed by atoms with Gasteiger partial charge in [0.2, 0.25) is 0 Å². The number of hydrogen-bond donors (Lipinski definition) is 1. The smallest absolute Gasteiger partial charge is 0.118 e. The fraction of sp³-hybridized carbons (Fsp3) is 0.294. The van der Waals surface area contributed by atoms with E-state index in [1.807, 2.05) is 18.2 Å². The minimum absolute atomic E-state index is 0.273. The Morgan fingerprint density at radius 1 is 1.10 bits per heavy atom. The summed E-state index contributed by atoms with van der Waals surface area (Å²) in [6.45, 7) is 3.06. The van der Waals surface area contributed by atoms with Crippen molar-refractivity contribution in [3.63, 3.8) is 0 Å². The van der Waals surface area contributed by atoms with Gasteiger partial charge in [-0.25, -0.2) is 0 Å². The van der Waals surface area contributed by atoms with Crippen LogP contribution in [0.3, 0.4) is 0 Å². The molecule has 2 nitrogen and oxygen atoms in total. The van der Waals surface area contributed by atoms with Gasteiger partial charge in [-0.2, -0.15) is 0 Å². The standard InChI is InChI=1S/C17H19Br2NO/c1-3-20-17(15-11-13(18)6-9-16(15)19)10-12-4-7-14(21-2)8-5-12/h4-9,11,17,20H,3,10H2,1-2H3. The summed E-state index contributed by atoms with van der Waals surface area (Å²) < 4.78 is 7.44. The third kappa shape index (κ3) is 4.56. The van der Waals surface area contributed by atoms with Crippen molar-refractivity contribution in [2.75, 3.05) is 13.7 Å². The largest absolute Gasteiger partial charge is 0.497 e. The molecule has 1 N–H and O–H groups in total. The van der Waals surface area contributed by atoms with Gasteiger partial charge in [-0.05, 0) is 54.4 Å². The third-order valence-corrected chi connectivity index (χ3v) is 4.60. The van der Waals surface area contributed by atoms with E-state index in [9.17, 15) is 0 Å². The lowest BCUT2D eigenvalue weighted by Gasteiger charge is -2.20. The fourth-order valence-electron chi connectivity index (χ4n) is 2.32. The second-order valence-corrected chi connectivity index (χ2v) is 6.60. The minimum Gasteiger partial charge on any atom is -0.497 e. The van der Waals surface area contributed by atoms with Crippen LogP contribution >= 0.6 is 31.9 Å². The minimum atomic E-state index is 0.273. The molecule has 21 heavy (non-hydrogen) atoms. The van der Waals surface area contributed by atoms with E-state index in [0.717, 1.165) is 27.7 Å². The molecule has 0 amide bonds. The first-order chi connectivity index (χ1) is 10.1. The lowest BCUT2D eigenvalue weighted by Crippen LogP contribution is -2.23. The summed E-state index contributed by atoms with van der Waals surface area (Å²) in [6.07, 6.45) is 0.937. The first-order valence-corrected chi connectivity index (χ1v) is 8.54. The average Bonchev–Trinajstić information content (AvgIpc) is 2.50. The van der Waals surface area contributed by atoms with Gasteiger partial charge in [0.25, 0.3) is 0 Å². The predicted octanol–water partition coefficient (Wildman–Crippen LogP) is 5.11. The van der Waals surface area contributed by atoms with Crippen LogP contribution in [0.15, 0.2) is 51.4 Å². The number of methoxy groups -OCH3 is 1. The molecule has 0 spiro atoms. The second kappa shape index (κ2) is 7.97. The van der Waals surface area contributed by atoms with Crippen molar-refractivity contribution in [1.82, 2.24) is 5.32 Å². The molecule has 112 valence electrons. The number of halogens is 2. The Kier molecular flexibility index (Phi) is 6.27. The van der Waals surface area contributed by atoms with E-state index in [0.29, 0.717) is 0 Å². The summed E-state index contributed by atoms with van der Waals surface area (Å²) in [7, 11) is 1.69. The molecule has 2 rings (SSSR count). The van der Waals surface area contributed by atoms with Crippen LogP contribution in [0.25, 0.3) is 0 Å². The van der Waals surface area contributed by atoms with Crippen molar-refractivity contribution in [2.45, 2.75) is 19.4 Å². The van der Waals surface area contributed by atoms with Crippen molar-refractivity contribution in [2.24, 2.45) is 0 Å². The predicted molar refractivity (Wildman–Crippen MR) is 95.0 cm³/mol. The van der Waals surface area contributed by atoms with Crippen LogP contribution in [0.4, 0.5) is 0 Å². The summed E-state index contributed by atoms with van der Waals surface area (Å²) in [5.74, 6) is 0.891. The van der Waals surface area contributed by atoms with E-state index < -0.39 is 0 Å². The van der Waals surface area contributed by atoms with Gasteiger partial charge >= 0.3 is 0 Å². The van der Waals surface area contributed by atoms with E-state index in [1.165, 1.54) is 11.1 Å². The first kappa shape index (κ1) is 16.5. The Balaban J connectivity index is 2.23. The van der Waals surface area contributed by atoms with Crippen LogP contribution in [0.5, 0.6) is 5.75 Å². The van der Waals surface area contributed by atoms with E-state index in [-0.39, 0.29) is 6.04 Å². The molecule has 2 aromatic carbocycles. The van der Waals surface area contributed by atoms with Crippen molar-refractivity contribution >= 4 is 31.9 Å². The number of likely N-dealkylation sites (N-methyl/N-ethyl adjacent to an activating group) is 1. The molecule has 0 aromatic heterocycles. The maximum absolute atomic E-state index is 5.21. The topological polar surface area (TPSA) is 21.3 Å². The zero-order valence-corrected chi connectivity index (χ0v) is 15.4. The molecule has 0 aliphatic carbocycles. The SMILES string of the molecule is CCNC(Cc1ccc(OC)cc1)c1cc(Br)ccc1Br. The Morgan fingerprint density at radius 3 is 2.43 bits per heavy atom. The Labute approximate surface area is 143 Å². The molecule has 1 atom stereocenters. The van der Waals surface area contributed by atoms with Crippen LogP contribution in [-0.4, -0.2) is 13.7 Å². The van der Waals surface area contributed by atoms with Gasteiger partial charge in [0.1, 0.15) is 5.75 Å². The molecule has 0 aliphatic rings. The number of nitrogens with one attached hydrogen (secondary N) is 1. The molecule has 1 unspecified atom stereocenters. The number of ether oxygens (including phenoxy) is 1. The summed E-state index contributed by atoms with van der Waals surface area (Å²) in [4.78, 5) is 0. The van der Waals surface area contributed by atoms with Crippen molar-refractivity contribution in [3.8, 4) is 5.75 Å². The molecule has 0 saturated heterocycles. The van der Waals surface area contributed by atoms with Gasteiger partial charge in [-0.1, -0.05) is 50.9 Å². The van der Waals surface area contributed by atoms with E-state index >= 15 is 0 Å². The monoisotopic (exact) mass is 411 g/mol. The molecule has 0 radical (unpaired) electrons. The zero-order valence-electron chi connectivity index (χ0n) is 12.2. The number of hydrogen-bond acceptors (Lipinski definition) is 2. The van der Waals surface area contributed by atoms with Crippen LogP contribution in [0.1, 0.15) is 24.1 Å². The van der Waals surface area contributed by atoms with Crippen LogP contribution < -0.4 is 10.1 Å². The molecule has 0 aliphatic heterocycles. The number of rotatable bonds is 6. The van der Waals surface area contributed by atoms with Crippen molar-refractivity contribution in [3.05, 3.63) is 62.5 Å². The fourth-order valence-corrected chi connectivity index (χ4v) is 3.22. The molecular formula is C17H19Br2NO. The first-order valence-electron chi connectivity index (χ1n) is 6.95. The summed E-state index contributed by atoms with van der Waals surface area (Å²) >= 11 is 7.21. The summed E-state index contributed by atoms with van der Waals surface area (Å²) in [5.41, 5.74) is 2.55. The van der Waals surface area contributed by atoms with E-state index in [2.05, 4.69) is 68.4 Å². The third-order valence-electron chi connectivity index (χ3n) is 3.38. The highest BCUT2D eigenvalue weighted by atomic mass is 79.9. The lowest BCUT2D eigenvalue weighted by molar-refractivity contribution is 0.414. The zero-order chi connectivity index (χ0) is 15.2. The van der Waals surface area contributed by atoms with E-state index in [1.54, 1.807) is 7.11 Å². The quantitative estimate of drug-likeness (QED) is 0.711. The van der Waals surface area contributed by atoms with E-state index in [4.69, 9.17) is 4.74 Å². The van der Waals surface area contributed by atoms with Crippen LogP contribution in [0, 0.1) is 0 Å². The Hall–Kier alpha value is -0.840. The van der Waals surface area contributed by atoms with Crippen molar-refractivity contribution in [1.29, 1.82) is 0 Å². The highest BCUT2D eigenvalue weighted by Gasteiger charge is 2.14. The van der Waals surface area contributed by atoms with Crippen molar-refractivity contribution < 1.29 is 4.74 Å². The molecule has 4 heteroatoms. The van der Waals surface area contributed by atoms with Gasteiger partial charge in [0.05, 0.1) is 7.11 Å². The van der Waals surface area contributed by atoms with Gasteiger partial charge in [-0.15, -0.1) is 0 Å². The molecule has 0 bridgehead atoms. The highest BCUT2D eigenvalue weighted by Crippen LogP contribution is 2.29. The maximum atomic E-state index is 5.21. The molecular weight excluding hydrogens is 394 g/mol. The Bertz CT molecular complexity index is 584. The normalized spacial score (nSPS) is 12.2.